The molecule has 2 fully saturated rings. The van der Waals surface area contributed by atoms with Crippen molar-refractivity contribution in [2.75, 3.05) is 6.61 Å². The Balaban J connectivity index is 1.53. The van der Waals surface area contributed by atoms with Gasteiger partial charge in [-0.25, -0.2) is 4.98 Å². The van der Waals surface area contributed by atoms with Crippen LogP contribution < -0.4 is 5.32 Å². The van der Waals surface area contributed by atoms with Crippen molar-refractivity contribution in [3.63, 3.8) is 0 Å². The number of benzene rings is 1. The zero-order chi connectivity index (χ0) is 16.0. The number of carbonyl (C=O) groups is 1. The number of rotatable bonds is 4. The second kappa shape index (κ2) is 5.64. The van der Waals surface area contributed by atoms with Crippen molar-refractivity contribution >= 4 is 16.9 Å². The highest BCUT2D eigenvalue weighted by molar-refractivity contribution is 5.83. The highest BCUT2D eigenvalue weighted by atomic mass is 16.3. The molecule has 4 rings (SSSR count). The second-order valence-electron chi connectivity index (χ2n) is 7.03. The number of hydrogen-bond donors (Lipinski definition) is 2. The molecule has 2 saturated carbocycles. The molecule has 5 atom stereocenters. The summed E-state index contributed by atoms with van der Waals surface area (Å²) < 4.78 is 1.92. The van der Waals surface area contributed by atoms with Crippen molar-refractivity contribution in [3.8, 4) is 0 Å². The normalized spacial score (nSPS) is 30.7. The second-order valence-corrected chi connectivity index (χ2v) is 7.03. The molecule has 2 aliphatic rings. The van der Waals surface area contributed by atoms with E-state index in [1.165, 1.54) is 12.8 Å². The molecule has 1 aromatic heterocycles. The van der Waals surface area contributed by atoms with Crippen LogP contribution in [0.3, 0.4) is 0 Å². The van der Waals surface area contributed by atoms with Crippen LogP contribution >= 0.6 is 0 Å². The van der Waals surface area contributed by atoms with Crippen LogP contribution in [0.2, 0.25) is 0 Å². The van der Waals surface area contributed by atoms with Gasteiger partial charge in [-0.1, -0.05) is 12.1 Å². The van der Waals surface area contributed by atoms with Gasteiger partial charge in [-0.2, -0.15) is 0 Å². The van der Waals surface area contributed by atoms with Crippen molar-refractivity contribution in [1.82, 2.24) is 14.9 Å². The molecular formula is C18H23N3O2. The van der Waals surface area contributed by atoms with E-state index in [2.05, 4.69) is 10.3 Å². The fourth-order valence-electron chi connectivity index (χ4n) is 4.60. The summed E-state index contributed by atoms with van der Waals surface area (Å²) in [5.74, 6) is 1.36. The standard InChI is InChI=1S/C18H23N3O2/c1-11(21-10-19-15-4-2-3-5-16(15)21)18(23)20-17-13-7-6-12(8-13)14(17)9-22/h2-5,10-14,17,22H,6-9H2,1H3,(H,20,23). The minimum Gasteiger partial charge on any atom is -0.396 e. The van der Waals surface area contributed by atoms with Crippen molar-refractivity contribution in [1.29, 1.82) is 0 Å². The number of nitrogens with one attached hydrogen (secondary N) is 1. The van der Waals surface area contributed by atoms with Crippen LogP contribution in [0.5, 0.6) is 0 Å². The number of aliphatic hydroxyl groups excluding tert-OH is 1. The third kappa shape index (κ3) is 2.34. The highest BCUT2D eigenvalue weighted by Crippen LogP contribution is 2.48. The summed E-state index contributed by atoms with van der Waals surface area (Å²) in [6.45, 7) is 2.08. The van der Waals surface area contributed by atoms with Gasteiger partial charge in [-0.3, -0.25) is 4.79 Å². The molecule has 1 heterocycles. The Morgan fingerprint density at radius 3 is 3.00 bits per heavy atom. The summed E-state index contributed by atoms with van der Waals surface area (Å²) in [6.07, 6.45) is 5.26. The fraction of sp³-hybridized carbons (Fsp3) is 0.556. The van der Waals surface area contributed by atoms with Crippen molar-refractivity contribution in [2.45, 2.75) is 38.3 Å². The molecule has 0 saturated heterocycles. The molecular weight excluding hydrogens is 290 g/mol. The van der Waals surface area contributed by atoms with Crippen LogP contribution in [0.4, 0.5) is 0 Å². The molecule has 0 spiro atoms. The van der Waals surface area contributed by atoms with Gasteiger partial charge < -0.3 is 15.0 Å². The Kier molecular flexibility index (Phi) is 3.60. The first-order chi connectivity index (χ1) is 11.2. The van der Waals surface area contributed by atoms with E-state index in [1.54, 1.807) is 6.33 Å². The van der Waals surface area contributed by atoms with E-state index < -0.39 is 0 Å². The van der Waals surface area contributed by atoms with Crippen LogP contribution in [0, 0.1) is 17.8 Å². The molecule has 122 valence electrons. The van der Waals surface area contributed by atoms with E-state index in [9.17, 15) is 9.90 Å². The van der Waals surface area contributed by atoms with Crippen molar-refractivity contribution < 1.29 is 9.90 Å². The number of para-hydroxylation sites is 2. The average Bonchev–Trinajstić information content (AvgIpc) is 3.28. The average molecular weight is 313 g/mol. The van der Waals surface area contributed by atoms with Crippen molar-refractivity contribution in [2.24, 2.45) is 17.8 Å². The number of aliphatic hydroxyl groups is 1. The molecule has 5 nitrogen and oxygen atoms in total. The van der Waals surface area contributed by atoms with Crippen LogP contribution in [0.1, 0.15) is 32.2 Å². The molecule has 2 bridgehead atoms. The largest absolute Gasteiger partial charge is 0.396 e. The maximum absolute atomic E-state index is 12.7. The van der Waals surface area contributed by atoms with E-state index in [1.807, 2.05) is 35.8 Å². The van der Waals surface area contributed by atoms with Gasteiger partial charge in [0.2, 0.25) is 5.91 Å². The van der Waals surface area contributed by atoms with Crippen LogP contribution in [-0.2, 0) is 4.79 Å². The maximum atomic E-state index is 12.7. The Morgan fingerprint density at radius 1 is 1.39 bits per heavy atom. The van der Waals surface area contributed by atoms with Gasteiger partial charge in [-0.15, -0.1) is 0 Å². The fourth-order valence-corrected chi connectivity index (χ4v) is 4.60. The van der Waals surface area contributed by atoms with Crippen LogP contribution in [0.25, 0.3) is 11.0 Å². The lowest BCUT2D eigenvalue weighted by molar-refractivity contribution is -0.125. The van der Waals surface area contributed by atoms with Crippen molar-refractivity contribution in [3.05, 3.63) is 30.6 Å². The number of carbonyl (C=O) groups excluding carboxylic acids is 1. The monoisotopic (exact) mass is 313 g/mol. The number of nitrogens with zero attached hydrogens (tertiary/aromatic N) is 2. The first kappa shape index (κ1) is 14.7. The number of amides is 1. The Labute approximate surface area is 135 Å². The zero-order valence-electron chi connectivity index (χ0n) is 13.4. The molecule has 2 aromatic rings. The van der Waals surface area contributed by atoms with Gasteiger partial charge in [0.25, 0.3) is 0 Å². The van der Waals surface area contributed by atoms with E-state index in [0.717, 1.165) is 17.5 Å². The summed E-state index contributed by atoms with van der Waals surface area (Å²) in [5, 5.41) is 12.9. The summed E-state index contributed by atoms with van der Waals surface area (Å²) in [5.41, 5.74) is 1.88. The van der Waals surface area contributed by atoms with Gasteiger partial charge in [0.15, 0.2) is 0 Å². The van der Waals surface area contributed by atoms with Crippen LogP contribution in [0.15, 0.2) is 30.6 Å². The summed E-state index contributed by atoms with van der Waals surface area (Å²) in [7, 11) is 0. The molecule has 0 aliphatic heterocycles. The topological polar surface area (TPSA) is 67.2 Å². The van der Waals surface area contributed by atoms with Gasteiger partial charge >= 0.3 is 0 Å². The quantitative estimate of drug-likeness (QED) is 0.908. The zero-order valence-corrected chi connectivity index (χ0v) is 13.4. The van der Waals surface area contributed by atoms with Gasteiger partial charge in [-0.05, 0) is 50.2 Å². The highest BCUT2D eigenvalue weighted by Gasteiger charge is 2.47. The molecule has 5 unspecified atom stereocenters. The summed E-state index contributed by atoms with van der Waals surface area (Å²) >= 11 is 0. The van der Waals surface area contributed by atoms with E-state index >= 15 is 0 Å². The number of fused-ring (bicyclic) bond motifs is 3. The van der Waals surface area contributed by atoms with E-state index in [-0.39, 0.29) is 30.5 Å². The summed E-state index contributed by atoms with van der Waals surface area (Å²) in [6, 6.07) is 7.67. The third-order valence-electron chi connectivity index (χ3n) is 5.89. The Morgan fingerprint density at radius 2 is 2.17 bits per heavy atom. The lowest BCUT2D eigenvalue weighted by Crippen LogP contribution is -2.47. The lowest BCUT2D eigenvalue weighted by Gasteiger charge is -2.31. The van der Waals surface area contributed by atoms with E-state index in [4.69, 9.17) is 0 Å². The van der Waals surface area contributed by atoms with E-state index in [0.29, 0.717) is 11.8 Å². The van der Waals surface area contributed by atoms with Crippen LogP contribution in [-0.4, -0.2) is 33.2 Å². The lowest BCUT2D eigenvalue weighted by atomic mass is 9.85. The SMILES string of the molecule is CC(C(=O)NC1C2CCC(C2)C1CO)n1cnc2ccccc21. The first-order valence-electron chi connectivity index (χ1n) is 8.52. The third-order valence-corrected chi connectivity index (χ3v) is 5.89. The predicted molar refractivity (Wildman–Crippen MR) is 87.8 cm³/mol. The maximum Gasteiger partial charge on any atom is 0.243 e. The van der Waals surface area contributed by atoms with Gasteiger partial charge in [0, 0.05) is 18.6 Å². The predicted octanol–water partition coefficient (Wildman–Crippen LogP) is 2.12. The molecule has 5 heteroatoms. The molecule has 2 N–H and O–H groups in total. The molecule has 23 heavy (non-hydrogen) atoms. The number of aromatic nitrogens is 2. The molecule has 0 radical (unpaired) electrons. The molecule has 1 aromatic carbocycles. The number of imidazole rings is 1. The number of hydrogen-bond acceptors (Lipinski definition) is 3. The minimum atomic E-state index is -0.305. The Bertz CT molecular complexity index is 726. The smallest absolute Gasteiger partial charge is 0.243 e. The minimum absolute atomic E-state index is 0.0177. The summed E-state index contributed by atoms with van der Waals surface area (Å²) in [4.78, 5) is 17.1. The van der Waals surface area contributed by atoms with Gasteiger partial charge in [0.1, 0.15) is 6.04 Å². The molecule has 2 aliphatic carbocycles. The first-order valence-corrected chi connectivity index (χ1v) is 8.52. The molecule has 1 amide bonds. The van der Waals surface area contributed by atoms with Gasteiger partial charge in [0.05, 0.1) is 17.4 Å². The Hall–Kier alpha value is -1.88.